The topological polar surface area (TPSA) is 99.4 Å². The molecule has 0 aliphatic heterocycles. The second kappa shape index (κ2) is 8.74. The molecule has 0 bridgehead atoms. The Bertz CT molecular complexity index is 1400. The number of hydrogen-bond acceptors (Lipinski definition) is 7. The summed E-state index contributed by atoms with van der Waals surface area (Å²) < 4.78 is 31.9. The maximum Gasteiger partial charge on any atom is 0.269 e. The fraction of sp³-hybridized carbons (Fsp3) is 0. The highest BCUT2D eigenvalue weighted by molar-refractivity contribution is 8.00. The quantitative estimate of drug-likeness (QED) is 0.247. The monoisotopic (exact) mass is 464 g/mol. The van der Waals surface area contributed by atoms with Crippen LogP contribution in [0.2, 0.25) is 0 Å². The molecule has 0 N–H and O–H groups in total. The maximum atomic E-state index is 12.9. The molecule has 0 amide bonds. The number of nitro groups is 1. The standard InChI is InChI=1S/C23H16N2O5S2/c1-16(32(28,29)19-13-11-17(12-14-19)25(26)27)23-24-15-22(31-23)20-9-5-6-10-21(20)30-18-7-3-2-4-8-18/h2-15H,1H2. The number of non-ortho nitro benzene ring substituents is 1. The van der Waals surface area contributed by atoms with Crippen LogP contribution in [0, 0.1) is 10.1 Å². The second-order valence-electron chi connectivity index (χ2n) is 6.62. The molecular weight excluding hydrogens is 448 g/mol. The Hall–Kier alpha value is -3.82. The van der Waals surface area contributed by atoms with Gasteiger partial charge in [-0.15, -0.1) is 11.3 Å². The number of rotatable bonds is 7. The number of benzene rings is 3. The molecule has 4 aromatic rings. The molecule has 7 nitrogen and oxygen atoms in total. The van der Waals surface area contributed by atoms with E-state index in [0.717, 1.165) is 17.7 Å². The molecule has 1 aromatic heterocycles. The van der Waals surface area contributed by atoms with Gasteiger partial charge in [-0.3, -0.25) is 10.1 Å². The third-order valence-corrected chi connectivity index (χ3v) is 7.50. The lowest BCUT2D eigenvalue weighted by molar-refractivity contribution is -0.384. The number of ether oxygens (including phenoxy) is 1. The van der Waals surface area contributed by atoms with Crippen molar-refractivity contribution >= 4 is 31.8 Å². The molecule has 0 radical (unpaired) electrons. The molecule has 3 aromatic carbocycles. The third kappa shape index (κ3) is 4.29. The van der Waals surface area contributed by atoms with Crippen molar-refractivity contribution in [3.63, 3.8) is 0 Å². The first-order valence-electron chi connectivity index (χ1n) is 9.33. The van der Waals surface area contributed by atoms with Crippen molar-refractivity contribution in [1.29, 1.82) is 0 Å². The highest BCUT2D eigenvalue weighted by Crippen LogP contribution is 2.39. The lowest BCUT2D eigenvalue weighted by Crippen LogP contribution is -2.03. The van der Waals surface area contributed by atoms with Gasteiger partial charge in [-0.2, -0.15) is 0 Å². The van der Waals surface area contributed by atoms with E-state index in [1.165, 1.54) is 23.5 Å². The summed E-state index contributed by atoms with van der Waals surface area (Å²) in [6.07, 6.45) is 1.57. The van der Waals surface area contributed by atoms with Crippen LogP contribution in [0.4, 0.5) is 5.69 Å². The first-order valence-corrected chi connectivity index (χ1v) is 11.6. The van der Waals surface area contributed by atoms with E-state index in [1.807, 2.05) is 54.6 Å². The van der Waals surface area contributed by atoms with Gasteiger partial charge in [-0.25, -0.2) is 13.4 Å². The van der Waals surface area contributed by atoms with Gasteiger partial charge >= 0.3 is 0 Å². The highest BCUT2D eigenvalue weighted by Gasteiger charge is 2.24. The molecule has 1 heterocycles. The molecule has 9 heteroatoms. The van der Waals surface area contributed by atoms with Gasteiger partial charge < -0.3 is 4.74 Å². The molecule has 0 atom stereocenters. The van der Waals surface area contributed by atoms with Crippen molar-refractivity contribution in [2.75, 3.05) is 0 Å². The summed E-state index contributed by atoms with van der Waals surface area (Å²) in [5.74, 6) is 1.28. The lowest BCUT2D eigenvalue weighted by atomic mass is 10.2. The molecule has 32 heavy (non-hydrogen) atoms. The average molecular weight is 465 g/mol. The number of nitrogens with zero attached hydrogens (tertiary/aromatic N) is 2. The molecular formula is C23H16N2O5S2. The van der Waals surface area contributed by atoms with Crippen LogP contribution in [0.15, 0.2) is 96.5 Å². The Kier molecular flexibility index (Phi) is 5.85. The van der Waals surface area contributed by atoms with Crippen molar-refractivity contribution in [2.24, 2.45) is 0 Å². The van der Waals surface area contributed by atoms with E-state index >= 15 is 0 Å². The van der Waals surface area contributed by atoms with E-state index in [0.29, 0.717) is 16.4 Å². The Morgan fingerprint density at radius 1 is 0.969 bits per heavy atom. The smallest absolute Gasteiger partial charge is 0.269 e. The number of nitro benzene ring substituents is 1. The van der Waals surface area contributed by atoms with E-state index in [9.17, 15) is 18.5 Å². The van der Waals surface area contributed by atoms with Crippen LogP contribution in [0.25, 0.3) is 15.3 Å². The maximum absolute atomic E-state index is 12.9. The summed E-state index contributed by atoms with van der Waals surface area (Å²) in [7, 11) is -3.96. The predicted octanol–water partition coefficient (Wildman–Crippen LogP) is 5.96. The molecule has 0 aliphatic rings. The summed E-state index contributed by atoms with van der Waals surface area (Å²) in [6, 6.07) is 21.4. The van der Waals surface area contributed by atoms with Crippen molar-refractivity contribution in [1.82, 2.24) is 4.98 Å². The molecule has 0 unspecified atom stereocenters. The third-order valence-electron chi connectivity index (χ3n) is 4.55. The Balaban J connectivity index is 1.63. The molecule has 0 spiro atoms. The zero-order chi connectivity index (χ0) is 22.7. The van der Waals surface area contributed by atoms with E-state index in [1.54, 1.807) is 6.20 Å². The minimum Gasteiger partial charge on any atom is -0.457 e. The molecule has 160 valence electrons. The number of hydrogen-bond donors (Lipinski definition) is 0. The van der Waals surface area contributed by atoms with E-state index in [4.69, 9.17) is 4.74 Å². The van der Waals surface area contributed by atoms with Crippen molar-refractivity contribution in [3.8, 4) is 21.9 Å². The molecule has 4 rings (SSSR count). The molecule has 0 fully saturated rings. The first kappa shape index (κ1) is 21.4. The minimum absolute atomic E-state index is 0.0855. The van der Waals surface area contributed by atoms with Crippen LogP contribution >= 0.6 is 11.3 Å². The zero-order valence-electron chi connectivity index (χ0n) is 16.5. The van der Waals surface area contributed by atoms with Crippen molar-refractivity contribution in [3.05, 3.63) is 107 Å². The summed E-state index contributed by atoms with van der Waals surface area (Å²) >= 11 is 1.17. The lowest BCUT2D eigenvalue weighted by Gasteiger charge is -2.09. The van der Waals surface area contributed by atoms with Crippen LogP contribution in [0.3, 0.4) is 0 Å². The van der Waals surface area contributed by atoms with Gasteiger partial charge in [-0.05, 0) is 36.4 Å². The Morgan fingerprint density at radius 3 is 2.31 bits per heavy atom. The van der Waals surface area contributed by atoms with Gasteiger partial charge in [0.2, 0.25) is 9.84 Å². The number of thiazole rings is 1. The van der Waals surface area contributed by atoms with Crippen LogP contribution < -0.4 is 4.74 Å². The first-order chi connectivity index (χ1) is 15.4. The van der Waals surface area contributed by atoms with Crippen molar-refractivity contribution < 1.29 is 18.1 Å². The summed E-state index contributed by atoms with van der Waals surface area (Å²) in [5, 5.41) is 11.0. The molecule has 0 saturated heterocycles. The van der Waals surface area contributed by atoms with Crippen molar-refractivity contribution in [2.45, 2.75) is 4.90 Å². The predicted molar refractivity (Wildman–Crippen MR) is 123 cm³/mol. The van der Waals surface area contributed by atoms with Gasteiger partial charge in [0.25, 0.3) is 5.69 Å². The van der Waals surface area contributed by atoms with E-state index in [-0.39, 0.29) is 20.5 Å². The van der Waals surface area contributed by atoms with Gasteiger partial charge in [-0.1, -0.05) is 36.9 Å². The van der Waals surface area contributed by atoms with Crippen LogP contribution in [-0.4, -0.2) is 18.3 Å². The largest absolute Gasteiger partial charge is 0.457 e. The summed E-state index contributed by atoms with van der Waals surface area (Å²) in [5.41, 5.74) is 0.571. The average Bonchev–Trinajstić information content (AvgIpc) is 3.29. The number of aromatic nitrogens is 1. The van der Waals surface area contributed by atoms with Gasteiger partial charge in [0.05, 0.1) is 14.7 Å². The van der Waals surface area contributed by atoms with E-state index in [2.05, 4.69) is 11.6 Å². The van der Waals surface area contributed by atoms with E-state index < -0.39 is 14.8 Å². The minimum atomic E-state index is -3.96. The fourth-order valence-corrected chi connectivity index (χ4v) is 5.23. The van der Waals surface area contributed by atoms with Gasteiger partial charge in [0, 0.05) is 23.9 Å². The fourth-order valence-electron chi connectivity index (χ4n) is 2.91. The highest BCUT2D eigenvalue weighted by atomic mass is 32.2. The molecule has 0 saturated carbocycles. The van der Waals surface area contributed by atoms with Crippen LogP contribution in [0.1, 0.15) is 5.01 Å². The van der Waals surface area contributed by atoms with Crippen LogP contribution in [0.5, 0.6) is 11.5 Å². The summed E-state index contributed by atoms with van der Waals surface area (Å²) in [4.78, 5) is 14.9. The number of para-hydroxylation sites is 2. The normalized spacial score (nSPS) is 11.1. The van der Waals surface area contributed by atoms with Gasteiger partial charge in [0.15, 0.2) is 0 Å². The zero-order valence-corrected chi connectivity index (χ0v) is 18.2. The van der Waals surface area contributed by atoms with Gasteiger partial charge in [0.1, 0.15) is 21.4 Å². The SMILES string of the molecule is C=C(c1ncc(-c2ccccc2Oc2ccccc2)s1)S(=O)(=O)c1ccc([N+](=O)[O-])cc1. The number of sulfone groups is 1. The van der Waals surface area contributed by atoms with Crippen LogP contribution in [-0.2, 0) is 9.84 Å². The Morgan fingerprint density at radius 2 is 1.62 bits per heavy atom. The Labute approximate surface area is 188 Å². The molecule has 0 aliphatic carbocycles. The summed E-state index contributed by atoms with van der Waals surface area (Å²) in [6.45, 7) is 3.72. The second-order valence-corrected chi connectivity index (χ2v) is 9.62.